The molecule has 6 heteroatoms. The van der Waals surface area contributed by atoms with Gasteiger partial charge in [-0.05, 0) is 23.8 Å². The van der Waals surface area contributed by atoms with Crippen LogP contribution in [0.3, 0.4) is 0 Å². The van der Waals surface area contributed by atoms with Gasteiger partial charge in [0.1, 0.15) is 11.9 Å². The summed E-state index contributed by atoms with van der Waals surface area (Å²) >= 11 is 0. The molecule has 0 heterocycles. The van der Waals surface area contributed by atoms with Crippen molar-refractivity contribution in [3.63, 3.8) is 0 Å². The Labute approximate surface area is 82.9 Å². The molecule has 1 atom stereocenters. The minimum absolute atomic E-state index is 0.190. The van der Waals surface area contributed by atoms with Crippen molar-refractivity contribution in [2.24, 2.45) is 5.73 Å². The molecule has 0 bridgehead atoms. The van der Waals surface area contributed by atoms with E-state index >= 15 is 0 Å². The number of hydrogen-bond donors (Lipinski definition) is 1. The minimum Gasteiger partial charge on any atom is -0.312 e. The highest BCUT2D eigenvalue weighted by molar-refractivity contribution is 5.31. The Morgan fingerprint density at radius 3 is 2.33 bits per heavy atom. The third-order valence-electron chi connectivity index (χ3n) is 1.75. The second kappa shape index (κ2) is 3.87. The monoisotopic (exact) mass is 218 g/mol. The maximum absolute atomic E-state index is 12.8. The standard InChI is InChI=1S/C9H6F4N2/c10-7-2-5(8(15)4-14)1-6(3-7)9(11,12)13/h1-3,8H,15H2. The Morgan fingerprint density at radius 1 is 1.27 bits per heavy atom. The molecule has 0 spiro atoms. The van der Waals surface area contributed by atoms with E-state index in [1.165, 1.54) is 6.07 Å². The highest BCUT2D eigenvalue weighted by atomic mass is 19.4. The van der Waals surface area contributed by atoms with Crippen LogP contribution in [0, 0.1) is 17.1 Å². The van der Waals surface area contributed by atoms with Gasteiger partial charge in [-0.3, -0.25) is 0 Å². The van der Waals surface area contributed by atoms with E-state index in [0.717, 1.165) is 6.07 Å². The molecular weight excluding hydrogens is 212 g/mol. The van der Waals surface area contributed by atoms with Gasteiger partial charge in [-0.25, -0.2) is 4.39 Å². The van der Waals surface area contributed by atoms with E-state index in [-0.39, 0.29) is 5.56 Å². The molecule has 0 saturated heterocycles. The number of nitrogens with zero attached hydrogens (tertiary/aromatic N) is 1. The summed E-state index contributed by atoms with van der Waals surface area (Å²) in [6.07, 6.45) is -4.65. The number of benzene rings is 1. The first-order valence-electron chi connectivity index (χ1n) is 3.87. The first kappa shape index (κ1) is 11.5. The molecule has 1 aromatic rings. The van der Waals surface area contributed by atoms with Gasteiger partial charge in [-0.2, -0.15) is 18.4 Å². The first-order valence-corrected chi connectivity index (χ1v) is 3.87. The summed E-state index contributed by atoms with van der Waals surface area (Å²) in [6.45, 7) is 0. The molecule has 0 aliphatic rings. The number of nitrogens with two attached hydrogens (primary N) is 1. The predicted molar refractivity (Wildman–Crippen MR) is 43.9 cm³/mol. The number of nitriles is 1. The second-order valence-corrected chi connectivity index (χ2v) is 2.88. The van der Waals surface area contributed by atoms with Crippen LogP contribution >= 0.6 is 0 Å². The zero-order chi connectivity index (χ0) is 11.6. The summed E-state index contributed by atoms with van der Waals surface area (Å²) < 4.78 is 49.5. The SMILES string of the molecule is N#CC(N)c1cc(F)cc(C(F)(F)F)c1. The molecule has 0 aromatic heterocycles. The maximum atomic E-state index is 12.8. The van der Waals surface area contributed by atoms with Gasteiger partial charge in [-0.15, -0.1) is 0 Å². The van der Waals surface area contributed by atoms with Crippen LogP contribution in [0.4, 0.5) is 17.6 Å². The zero-order valence-electron chi connectivity index (χ0n) is 7.35. The lowest BCUT2D eigenvalue weighted by atomic mass is 10.0. The summed E-state index contributed by atoms with van der Waals surface area (Å²) in [5.74, 6) is -1.06. The third kappa shape index (κ3) is 2.67. The van der Waals surface area contributed by atoms with Crippen molar-refractivity contribution in [2.45, 2.75) is 12.2 Å². The van der Waals surface area contributed by atoms with E-state index in [0.29, 0.717) is 12.1 Å². The fraction of sp³-hybridized carbons (Fsp3) is 0.222. The Hall–Kier alpha value is -1.61. The van der Waals surface area contributed by atoms with Crippen LogP contribution in [0.2, 0.25) is 0 Å². The number of hydrogen-bond acceptors (Lipinski definition) is 2. The molecule has 15 heavy (non-hydrogen) atoms. The minimum atomic E-state index is -4.65. The number of alkyl halides is 3. The van der Waals surface area contributed by atoms with Crippen LogP contribution in [-0.2, 0) is 6.18 Å². The Morgan fingerprint density at radius 2 is 1.87 bits per heavy atom. The maximum Gasteiger partial charge on any atom is 0.416 e. The Balaban J connectivity index is 3.24. The van der Waals surface area contributed by atoms with E-state index < -0.39 is 23.6 Å². The van der Waals surface area contributed by atoms with Crippen LogP contribution in [0.25, 0.3) is 0 Å². The van der Waals surface area contributed by atoms with Crippen molar-refractivity contribution in [2.75, 3.05) is 0 Å². The molecule has 0 saturated carbocycles. The normalized spacial score (nSPS) is 13.3. The van der Waals surface area contributed by atoms with Crippen molar-refractivity contribution in [3.8, 4) is 6.07 Å². The highest BCUT2D eigenvalue weighted by Crippen LogP contribution is 2.31. The topological polar surface area (TPSA) is 49.8 Å². The van der Waals surface area contributed by atoms with Gasteiger partial charge < -0.3 is 5.73 Å². The summed E-state index contributed by atoms with van der Waals surface area (Å²) in [5, 5.41) is 8.39. The van der Waals surface area contributed by atoms with Crippen molar-refractivity contribution in [1.29, 1.82) is 5.26 Å². The molecule has 1 unspecified atom stereocenters. The fourth-order valence-corrected chi connectivity index (χ4v) is 1.03. The van der Waals surface area contributed by atoms with Crippen molar-refractivity contribution >= 4 is 0 Å². The molecule has 0 aliphatic heterocycles. The van der Waals surface area contributed by atoms with E-state index in [2.05, 4.69) is 0 Å². The molecule has 80 valence electrons. The summed E-state index contributed by atoms with van der Waals surface area (Å²) in [5.41, 5.74) is 3.84. The molecule has 2 nitrogen and oxygen atoms in total. The fourth-order valence-electron chi connectivity index (χ4n) is 1.03. The van der Waals surface area contributed by atoms with Gasteiger partial charge in [0.15, 0.2) is 0 Å². The van der Waals surface area contributed by atoms with Gasteiger partial charge in [0.25, 0.3) is 0 Å². The Bertz CT molecular complexity index is 406. The van der Waals surface area contributed by atoms with Crippen LogP contribution in [0.1, 0.15) is 17.2 Å². The summed E-state index contributed by atoms with van der Waals surface area (Å²) in [7, 11) is 0. The predicted octanol–water partition coefficient (Wildman–Crippen LogP) is 2.37. The lowest BCUT2D eigenvalue weighted by Crippen LogP contribution is -2.11. The van der Waals surface area contributed by atoms with E-state index in [1.54, 1.807) is 0 Å². The van der Waals surface area contributed by atoms with Crippen molar-refractivity contribution in [3.05, 3.63) is 35.1 Å². The average molecular weight is 218 g/mol. The summed E-state index contributed by atoms with van der Waals surface area (Å²) in [4.78, 5) is 0. The third-order valence-corrected chi connectivity index (χ3v) is 1.75. The molecule has 1 rings (SSSR count). The molecule has 0 fully saturated rings. The number of halogens is 4. The van der Waals surface area contributed by atoms with E-state index in [4.69, 9.17) is 11.0 Å². The van der Waals surface area contributed by atoms with Crippen molar-refractivity contribution < 1.29 is 17.6 Å². The van der Waals surface area contributed by atoms with Gasteiger partial charge in [0.05, 0.1) is 11.6 Å². The lowest BCUT2D eigenvalue weighted by molar-refractivity contribution is -0.137. The van der Waals surface area contributed by atoms with E-state index in [1.807, 2.05) is 0 Å². The summed E-state index contributed by atoms with van der Waals surface area (Å²) in [6, 6.07) is 2.10. The van der Waals surface area contributed by atoms with Gasteiger partial charge >= 0.3 is 6.18 Å². The molecular formula is C9H6F4N2. The van der Waals surface area contributed by atoms with Crippen LogP contribution < -0.4 is 5.73 Å². The number of rotatable bonds is 1. The second-order valence-electron chi connectivity index (χ2n) is 2.88. The van der Waals surface area contributed by atoms with Gasteiger partial charge in [0.2, 0.25) is 0 Å². The van der Waals surface area contributed by atoms with Gasteiger partial charge in [0, 0.05) is 0 Å². The largest absolute Gasteiger partial charge is 0.416 e. The lowest BCUT2D eigenvalue weighted by Gasteiger charge is -2.10. The quantitative estimate of drug-likeness (QED) is 0.735. The molecule has 0 aliphatic carbocycles. The molecule has 0 radical (unpaired) electrons. The zero-order valence-corrected chi connectivity index (χ0v) is 7.35. The highest BCUT2D eigenvalue weighted by Gasteiger charge is 2.31. The Kier molecular flexibility index (Phi) is 2.95. The van der Waals surface area contributed by atoms with Crippen molar-refractivity contribution in [1.82, 2.24) is 0 Å². The molecule has 0 amide bonds. The van der Waals surface area contributed by atoms with Crippen LogP contribution in [0.15, 0.2) is 18.2 Å². The molecule has 1 aromatic carbocycles. The smallest absolute Gasteiger partial charge is 0.312 e. The van der Waals surface area contributed by atoms with Gasteiger partial charge in [-0.1, -0.05) is 0 Å². The van der Waals surface area contributed by atoms with Crippen LogP contribution in [-0.4, -0.2) is 0 Å². The van der Waals surface area contributed by atoms with Crippen LogP contribution in [0.5, 0.6) is 0 Å². The molecule has 2 N–H and O–H groups in total. The first-order chi connectivity index (χ1) is 6.84. The van der Waals surface area contributed by atoms with E-state index in [9.17, 15) is 17.6 Å². The average Bonchev–Trinajstić information content (AvgIpc) is 2.14.